The van der Waals surface area contributed by atoms with Crippen LogP contribution in [0.5, 0.6) is 0 Å². The monoisotopic (exact) mass is 529 g/mol. The van der Waals surface area contributed by atoms with E-state index in [0.717, 1.165) is 0 Å². The molecule has 2 unspecified atom stereocenters. The summed E-state index contributed by atoms with van der Waals surface area (Å²) in [5.74, 6) is -1.92. The van der Waals surface area contributed by atoms with Crippen LogP contribution in [0.15, 0.2) is 12.1 Å². The van der Waals surface area contributed by atoms with E-state index in [2.05, 4.69) is 42.4 Å². The Labute approximate surface area is 237 Å². The number of anilines is 5. The molecule has 0 aromatic carbocycles. The Morgan fingerprint density at radius 2 is 2.00 bits per heavy atom. The molecule has 1 amide bonds. The van der Waals surface area contributed by atoms with E-state index in [9.17, 15) is 14.4 Å². The van der Waals surface area contributed by atoms with Crippen LogP contribution in [-0.2, 0) is 9.59 Å². The van der Waals surface area contributed by atoms with Crippen LogP contribution < -0.4 is 90.9 Å². The van der Waals surface area contributed by atoms with E-state index >= 15 is 0 Å². The van der Waals surface area contributed by atoms with Gasteiger partial charge in [0.25, 0.3) is 0 Å². The summed E-state index contributed by atoms with van der Waals surface area (Å²) in [4.78, 5) is 46.1. The molecule has 0 bridgehead atoms. The van der Waals surface area contributed by atoms with E-state index in [0.29, 0.717) is 30.4 Å². The van der Waals surface area contributed by atoms with E-state index in [1.54, 1.807) is 6.07 Å². The number of amides is 1. The summed E-state index contributed by atoms with van der Waals surface area (Å²) in [7, 11) is 0. The first-order valence-electron chi connectivity index (χ1n) is 9.54. The van der Waals surface area contributed by atoms with Crippen molar-refractivity contribution in [2.24, 2.45) is 0 Å². The summed E-state index contributed by atoms with van der Waals surface area (Å²) in [5.41, 5.74) is 12.0. The molecular formula is C18H22N9O5Rb. The molecule has 0 aliphatic carbocycles. The Kier molecular flexibility index (Phi) is 9.76. The van der Waals surface area contributed by atoms with Gasteiger partial charge in [0.15, 0.2) is 17.5 Å². The molecule has 2 aromatic rings. The number of hydrogen-bond acceptors (Lipinski definition) is 11. The number of carbonyl (C=O) groups excluding carboxylic acids is 1. The maximum atomic E-state index is 12.2. The number of nitrogens with two attached hydrogens (primary N) is 2. The molecule has 170 valence electrons. The minimum atomic E-state index is -1.33. The summed E-state index contributed by atoms with van der Waals surface area (Å²) < 4.78 is 0. The SMILES string of the molecule is Nc1nc(N)c2c(n1)NCC(CNc1ccc(C(=O)NC(CCC(=O)O)C(=O)O)[c-]n1)N2.[Rb+]. The molecule has 0 spiro atoms. The number of carboxylic acids is 2. The summed E-state index contributed by atoms with van der Waals surface area (Å²) in [6.07, 6.45) is 1.91. The number of nitrogen functional groups attached to an aromatic ring is 2. The third-order valence-electron chi connectivity index (χ3n) is 4.55. The van der Waals surface area contributed by atoms with Gasteiger partial charge in [-0.2, -0.15) is 9.97 Å². The van der Waals surface area contributed by atoms with Crippen LogP contribution in [0.4, 0.5) is 29.1 Å². The van der Waals surface area contributed by atoms with Crippen LogP contribution in [0.1, 0.15) is 23.2 Å². The fraction of sp³-hybridized carbons (Fsp3) is 0.333. The van der Waals surface area contributed by atoms with E-state index in [-0.39, 0.29) is 94.4 Å². The Bertz CT molecular complexity index is 1020. The summed E-state index contributed by atoms with van der Waals surface area (Å²) >= 11 is 0. The van der Waals surface area contributed by atoms with Gasteiger partial charge in [0.2, 0.25) is 5.95 Å². The second-order valence-electron chi connectivity index (χ2n) is 6.95. The van der Waals surface area contributed by atoms with Crippen molar-refractivity contribution < 1.29 is 82.8 Å². The molecule has 0 saturated carbocycles. The first kappa shape index (κ1) is 26.7. The molecule has 0 saturated heterocycles. The van der Waals surface area contributed by atoms with Crippen LogP contribution >= 0.6 is 0 Å². The summed E-state index contributed by atoms with van der Waals surface area (Å²) in [5, 5.41) is 29.5. The van der Waals surface area contributed by atoms with Crippen LogP contribution in [-0.4, -0.2) is 68.2 Å². The smallest absolute Gasteiger partial charge is 0.481 e. The third kappa shape index (κ3) is 7.48. The van der Waals surface area contributed by atoms with E-state index < -0.39 is 23.9 Å². The first-order chi connectivity index (χ1) is 15.2. The average molecular weight is 530 g/mol. The largest absolute Gasteiger partial charge is 1.00 e. The van der Waals surface area contributed by atoms with Crippen LogP contribution in [0.25, 0.3) is 0 Å². The standard InChI is InChI=1S/C18H22N9O5.Rb/c19-14-13-15(27-18(20)26-14)23-7-9(24-13)6-22-11-3-1-8(5-21-11)16(30)25-10(17(31)32)2-4-12(28)29;/h1,3,9-10,24H,2,4,6-7H2,(H,21,22)(H,25,30)(H,28,29)(H,31,32)(H5,19,20,23,26,27);/q-1;+1. The van der Waals surface area contributed by atoms with Crippen molar-refractivity contribution in [1.29, 1.82) is 0 Å². The van der Waals surface area contributed by atoms with Gasteiger partial charge in [-0.1, -0.05) is 5.56 Å². The van der Waals surface area contributed by atoms with Gasteiger partial charge >= 0.3 is 70.1 Å². The topological polar surface area (TPSA) is 230 Å². The zero-order valence-electron chi connectivity index (χ0n) is 17.8. The molecular weight excluding hydrogens is 508 g/mol. The number of hydrogen-bond donors (Lipinski definition) is 8. The van der Waals surface area contributed by atoms with Gasteiger partial charge in [-0.25, -0.2) is 0 Å². The zero-order chi connectivity index (χ0) is 23.3. The van der Waals surface area contributed by atoms with Gasteiger partial charge < -0.3 is 52.7 Å². The maximum Gasteiger partial charge on any atom is 1.00 e. The van der Waals surface area contributed by atoms with Crippen LogP contribution in [0, 0.1) is 6.20 Å². The molecule has 1 aliphatic heterocycles. The number of nitrogens with one attached hydrogen (secondary N) is 4. The van der Waals surface area contributed by atoms with Gasteiger partial charge in [0, 0.05) is 25.3 Å². The molecule has 3 heterocycles. The predicted molar refractivity (Wildman–Crippen MR) is 114 cm³/mol. The second-order valence-corrected chi connectivity index (χ2v) is 6.95. The molecule has 2 aromatic heterocycles. The van der Waals surface area contributed by atoms with Crippen molar-refractivity contribution in [1.82, 2.24) is 20.3 Å². The van der Waals surface area contributed by atoms with E-state index in [1.807, 2.05) is 0 Å². The van der Waals surface area contributed by atoms with Crippen LogP contribution in [0.3, 0.4) is 0 Å². The van der Waals surface area contributed by atoms with Gasteiger partial charge in [-0.05, 0) is 12.6 Å². The Morgan fingerprint density at radius 3 is 2.64 bits per heavy atom. The molecule has 15 heteroatoms. The number of carbonyl (C=O) groups is 3. The quantitative estimate of drug-likeness (QED) is 0.146. The maximum absolute atomic E-state index is 12.2. The minimum absolute atomic E-state index is 0. The van der Waals surface area contributed by atoms with E-state index in [1.165, 1.54) is 6.07 Å². The minimum Gasteiger partial charge on any atom is -0.481 e. The molecule has 33 heavy (non-hydrogen) atoms. The normalized spacial score (nSPS) is 15.0. The van der Waals surface area contributed by atoms with Gasteiger partial charge in [0.05, 0.1) is 6.04 Å². The second kappa shape index (κ2) is 12.1. The number of fused-ring (bicyclic) bond motifs is 1. The fourth-order valence-electron chi connectivity index (χ4n) is 2.94. The number of pyridine rings is 1. The Morgan fingerprint density at radius 1 is 1.24 bits per heavy atom. The van der Waals surface area contributed by atoms with Crippen molar-refractivity contribution in [3.63, 3.8) is 0 Å². The zero-order valence-corrected chi connectivity index (χ0v) is 22.7. The number of aromatic nitrogens is 3. The average Bonchev–Trinajstić information content (AvgIpc) is 2.75. The van der Waals surface area contributed by atoms with Crippen molar-refractivity contribution in [2.45, 2.75) is 24.9 Å². The Hall–Kier alpha value is -2.55. The molecule has 0 fully saturated rings. The number of nitrogens with zero attached hydrogens (tertiary/aromatic N) is 3. The number of rotatable bonds is 9. The number of carboxylic acid groups (broad SMARTS) is 2. The van der Waals surface area contributed by atoms with Gasteiger partial charge in [-0.15, -0.1) is 12.1 Å². The Balaban J connectivity index is 0.00000385. The molecule has 1 aliphatic rings. The molecule has 10 N–H and O–H groups in total. The predicted octanol–water partition coefficient (Wildman–Crippen LogP) is -3.79. The van der Waals surface area contributed by atoms with Crippen molar-refractivity contribution >= 4 is 46.9 Å². The first-order valence-corrected chi connectivity index (χ1v) is 9.54. The third-order valence-corrected chi connectivity index (χ3v) is 4.55. The summed E-state index contributed by atoms with van der Waals surface area (Å²) in [6.45, 7) is 0.978. The molecule has 3 rings (SSSR count). The van der Waals surface area contributed by atoms with Gasteiger partial charge in [0.1, 0.15) is 11.7 Å². The van der Waals surface area contributed by atoms with Crippen molar-refractivity contribution in [3.8, 4) is 0 Å². The molecule has 14 nitrogen and oxygen atoms in total. The number of aliphatic carboxylic acids is 2. The van der Waals surface area contributed by atoms with Crippen molar-refractivity contribution in [2.75, 3.05) is 40.5 Å². The molecule has 0 radical (unpaired) electrons. The van der Waals surface area contributed by atoms with Crippen LogP contribution in [0.2, 0.25) is 0 Å². The van der Waals surface area contributed by atoms with Crippen molar-refractivity contribution in [3.05, 3.63) is 23.9 Å². The molecule has 2 atom stereocenters. The van der Waals surface area contributed by atoms with E-state index in [4.69, 9.17) is 21.7 Å². The fourth-order valence-corrected chi connectivity index (χ4v) is 2.94. The van der Waals surface area contributed by atoms with Gasteiger partial charge in [-0.3, -0.25) is 9.59 Å². The summed E-state index contributed by atoms with van der Waals surface area (Å²) in [6, 6.07) is 1.56.